The van der Waals surface area contributed by atoms with Crippen molar-refractivity contribution < 1.29 is 19.1 Å². The van der Waals surface area contributed by atoms with Crippen LogP contribution in [0.25, 0.3) is 66.9 Å². The molecule has 22 heteroatoms. The Morgan fingerprint density at radius 1 is 0.467 bits per heavy atom. The van der Waals surface area contributed by atoms with Crippen molar-refractivity contribution in [1.29, 1.82) is 0 Å². The summed E-state index contributed by atoms with van der Waals surface area (Å²) in [6, 6.07) is 36.2. The molecule has 92 heavy (non-hydrogen) atoms. The molecule has 0 saturated carbocycles. The average Bonchev–Trinajstić information content (AvgIpc) is 1.76. The Balaban J connectivity index is 0.000000126. The van der Waals surface area contributed by atoms with E-state index in [0.29, 0.717) is 47.9 Å². The first-order chi connectivity index (χ1) is 44.8. The van der Waals surface area contributed by atoms with Crippen LogP contribution in [0.5, 0.6) is 5.88 Å². The van der Waals surface area contributed by atoms with Crippen LogP contribution in [0.1, 0.15) is 97.5 Å². The van der Waals surface area contributed by atoms with Crippen LogP contribution < -0.4 is 4.74 Å². The Kier molecular flexibility index (Phi) is 17.8. The number of rotatable bonds is 16. The van der Waals surface area contributed by atoms with E-state index in [4.69, 9.17) is 19.7 Å². The topological polar surface area (TPSA) is 219 Å². The van der Waals surface area contributed by atoms with E-state index in [1.807, 2.05) is 100 Å². The molecule has 0 saturated heterocycles. The lowest BCUT2D eigenvalue weighted by Crippen LogP contribution is -2.22. The van der Waals surface area contributed by atoms with E-state index in [1.54, 1.807) is 64.2 Å². The number of carbonyl (C=O) groups excluding carboxylic acids is 3. The highest BCUT2D eigenvalue weighted by atomic mass is 32.1. The fraction of sp³-hybridized carbons (Fsp3) is 0.300. The van der Waals surface area contributed by atoms with Crippen molar-refractivity contribution in [1.82, 2.24) is 78.2 Å². The molecule has 0 bridgehead atoms. The van der Waals surface area contributed by atoms with Gasteiger partial charge in [0.05, 0.1) is 70.3 Å². The second-order valence-corrected chi connectivity index (χ2v) is 26.0. The Hall–Kier alpha value is -9.93. The molecule has 0 amide bonds. The Morgan fingerprint density at radius 3 is 1.27 bits per heavy atom. The molecule has 12 heterocycles. The molecule has 3 aromatic carbocycles. The molecule has 0 spiro atoms. The van der Waals surface area contributed by atoms with Crippen molar-refractivity contribution in [2.45, 2.75) is 91.3 Å². The number of aromatic nitrogens is 16. The maximum atomic E-state index is 13.3. The van der Waals surface area contributed by atoms with Gasteiger partial charge < -0.3 is 18.4 Å². The van der Waals surface area contributed by atoms with Crippen molar-refractivity contribution in [3.05, 3.63) is 196 Å². The van der Waals surface area contributed by atoms with Crippen LogP contribution in [-0.2, 0) is 60.0 Å². The van der Waals surface area contributed by atoms with Crippen LogP contribution in [0.3, 0.4) is 0 Å². The lowest BCUT2D eigenvalue weighted by Gasteiger charge is -2.22. The van der Waals surface area contributed by atoms with Gasteiger partial charge in [-0.25, -0.2) is 24.9 Å². The van der Waals surface area contributed by atoms with Crippen molar-refractivity contribution in [3.63, 3.8) is 0 Å². The van der Waals surface area contributed by atoms with Gasteiger partial charge in [0.2, 0.25) is 5.88 Å². The molecule has 466 valence electrons. The molecular weight excluding hydrogens is 1190 g/mol. The summed E-state index contributed by atoms with van der Waals surface area (Å²) >= 11 is 3.07. The first-order valence-electron chi connectivity index (χ1n) is 31.0. The Bertz CT molecular complexity index is 4400. The number of nitrogens with zero attached hydrogens (tertiary/aromatic N) is 16. The van der Waals surface area contributed by atoms with Crippen LogP contribution in [0.2, 0.25) is 0 Å². The number of benzene rings is 3. The van der Waals surface area contributed by atoms with Crippen molar-refractivity contribution in [2.75, 3.05) is 7.11 Å². The number of methoxy groups -OCH3 is 1. The Morgan fingerprint density at radius 2 is 0.880 bits per heavy atom. The lowest BCUT2D eigenvalue weighted by atomic mass is 9.90. The number of thiazole rings is 1. The summed E-state index contributed by atoms with van der Waals surface area (Å²) in [7, 11) is 7.02. The largest absolute Gasteiger partial charge is 0.481 e. The lowest BCUT2D eigenvalue weighted by molar-refractivity contribution is 0.0936. The van der Waals surface area contributed by atoms with E-state index in [-0.39, 0.29) is 35.1 Å². The molecule has 3 unspecified atom stereocenters. The maximum absolute atomic E-state index is 13.3. The van der Waals surface area contributed by atoms with Gasteiger partial charge in [-0.3, -0.25) is 28.4 Å². The van der Waals surface area contributed by atoms with Crippen molar-refractivity contribution >= 4 is 40.0 Å². The van der Waals surface area contributed by atoms with Gasteiger partial charge in [0.25, 0.3) is 0 Å². The number of Topliss-reactive ketones (excluding diaryl/α,β-unsaturated/α-hetero) is 3. The van der Waals surface area contributed by atoms with Gasteiger partial charge in [-0.15, -0.1) is 21.5 Å². The van der Waals surface area contributed by atoms with Crippen LogP contribution in [-0.4, -0.2) is 103 Å². The number of aryl methyl sites for hydroxylation is 8. The number of imidazole rings is 3. The highest BCUT2D eigenvalue weighted by Gasteiger charge is 2.31. The minimum Gasteiger partial charge on any atom is -0.481 e. The van der Waals surface area contributed by atoms with E-state index in [1.165, 1.54) is 11.3 Å². The highest BCUT2D eigenvalue weighted by Crippen LogP contribution is 2.35. The van der Waals surface area contributed by atoms with E-state index < -0.39 is 0 Å². The molecule has 3 aliphatic heterocycles. The zero-order valence-corrected chi connectivity index (χ0v) is 53.9. The van der Waals surface area contributed by atoms with Gasteiger partial charge >= 0.3 is 0 Å². The molecule has 3 aliphatic rings. The van der Waals surface area contributed by atoms with Crippen LogP contribution in [0, 0.1) is 31.6 Å². The van der Waals surface area contributed by atoms with Crippen LogP contribution >= 0.6 is 22.7 Å². The first kappa shape index (κ1) is 61.0. The highest BCUT2D eigenvalue weighted by molar-refractivity contribution is 7.14. The normalized spacial score (nSPS) is 15.7. The summed E-state index contributed by atoms with van der Waals surface area (Å²) in [5, 5.41) is 25.9. The van der Waals surface area contributed by atoms with Gasteiger partial charge in [-0.05, 0) is 56.9 Å². The zero-order valence-electron chi connectivity index (χ0n) is 52.3. The third-order valence-corrected chi connectivity index (χ3v) is 19.1. The minimum absolute atomic E-state index is 0.0814. The molecule has 0 radical (unpaired) electrons. The van der Waals surface area contributed by atoms with E-state index >= 15 is 0 Å². The second-order valence-electron chi connectivity index (χ2n) is 23.8. The Labute approximate surface area is 540 Å². The fourth-order valence-corrected chi connectivity index (χ4v) is 14.0. The molecule has 0 N–H and O–H groups in total. The minimum atomic E-state index is 0.0814. The van der Waals surface area contributed by atoms with Gasteiger partial charge in [-0.1, -0.05) is 108 Å². The molecule has 0 fully saturated rings. The van der Waals surface area contributed by atoms with Gasteiger partial charge in [0.1, 0.15) is 39.6 Å². The molecule has 20 nitrogen and oxygen atoms in total. The number of fused-ring (bicyclic) bond motifs is 3. The number of ether oxygens (including phenoxy) is 1. The third-order valence-electron chi connectivity index (χ3n) is 17.4. The van der Waals surface area contributed by atoms with Gasteiger partial charge in [0.15, 0.2) is 22.4 Å². The SMILES string of the molecule is COc1cccc(-c2cnn(C)c2C(=O)CC2CCn3cc(-c4ccccc4)nc3C2)n1.Cc1nc(-c2cnn(C)c2C(=O)CC2CCn3cc(-c4ccccc4)nc3C2)cs1.Cc1nnc(-c2cnn(C)c2C(=O)CC2CCn3cc(-c4ccccc4)nc3C2)s1. The number of hydrogen-bond acceptors (Lipinski definition) is 16. The zero-order chi connectivity index (χ0) is 63.4. The van der Waals surface area contributed by atoms with Crippen LogP contribution in [0.15, 0.2) is 152 Å². The second kappa shape index (κ2) is 26.9. The number of pyridine rings is 1. The summed E-state index contributed by atoms with van der Waals surface area (Å²) in [6.07, 6.45) is 18.3. The maximum Gasteiger partial charge on any atom is 0.213 e. The van der Waals surface area contributed by atoms with E-state index in [0.717, 1.165) is 147 Å². The monoisotopic (exact) mass is 1260 g/mol. The predicted octanol–water partition coefficient (Wildman–Crippen LogP) is 12.7. The quantitative estimate of drug-likeness (QED) is 0.0822. The average molecular weight is 1260 g/mol. The predicted molar refractivity (Wildman–Crippen MR) is 354 cm³/mol. The first-order valence-corrected chi connectivity index (χ1v) is 32.7. The molecule has 3 atom stereocenters. The summed E-state index contributed by atoms with van der Waals surface area (Å²) in [5.74, 6) is 4.81. The molecule has 9 aromatic heterocycles. The van der Waals surface area contributed by atoms with Gasteiger partial charge in [-0.2, -0.15) is 15.3 Å². The van der Waals surface area contributed by atoms with E-state index in [2.05, 4.69) is 104 Å². The number of ketones is 3. The number of carbonyl (C=O) groups is 3. The molecule has 12 aromatic rings. The number of hydrogen-bond donors (Lipinski definition) is 0. The third kappa shape index (κ3) is 13.3. The summed E-state index contributed by atoms with van der Waals surface area (Å²) in [6.45, 7) is 6.55. The summed E-state index contributed by atoms with van der Waals surface area (Å²) in [4.78, 5) is 63.3. The molecule has 15 rings (SSSR count). The standard InChI is InChI=1S/C25H25N5O2.C23H23N5OS.C22H22N6OS/c1-29-25(19(15-26-29)20-9-6-10-24(28-20)32-2)22(31)13-17-11-12-30-16-21(27-23(30)14-17)18-7-4-3-5-8-18;1-15-25-20(14-30-15)18-12-24-27(2)23(18)21(29)10-16-8-9-28-13-19(26-22(28)11-16)17-6-4-3-5-7-17;1-14-25-26-22(30-14)17-12-23-27(2)21(17)19(29)10-15-8-9-28-13-18(24-20(28)11-15)16-6-4-3-5-7-16/h3-10,15-17H,11-14H2,1-2H3;3-7,12-14,16H,8-11H2,1-2H3;3-7,12-13,15H,8-11H2,1-2H3. The van der Waals surface area contributed by atoms with Crippen molar-refractivity contribution in [2.24, 2.45) is 38.9 Å². The smallest absolute Gasteiger partial charge is 0.213 e. The van der Waals surface area contributed by atoms with Gasteiger partial charge in [0, 0.05) is 132 Å². The molecule has 0 aliphatic carbocycles. The molecular formula is C70H70N16O4S2. The summed E-state index contributed by atoms with van der Waals surface area (Å²) < 4.78 is 16.9. The summed E-state index contributed by atoms with van der Waals surface area (Å²) in [5.41, 5.74) is 12.1. The van der Waals surface area contributed by atoms with Crippen LogP contribution in [0.4, 0.5) is 0 Å². The van der Waals surface area contributed by atoms with E-state index in [9.17, 15) is 14.4 Å². The fourth-order valence-electron chi connectivity index (χ4n) is 12.7. The van der Waals surface area contributed by atoms with Crippen molar-refractivity contribution in [3.8, 4) is 72.7 Å².